The van der Waals surface area contributed by atoms with E-state index in [0.29, 0.717) is 19.6 Å². The van der Waals surface area contributed by atoms with Crippen LogP contribution in [0.5, 0.6) is 0 Å². The van der Waals surface area contributed by atoms with Gasteiger partial charge in [0, 0.05) is 43.4 Å². The van der Waals surface area contributed by atoms with Crippen LogP contribution >= 0.6 is 24.0 Å². The Morgan fingerprint density at radius 2 is 1.80 bits per heavy atom. The van der Waals surface area contributed by atoms with Crippen LogP contribution in [-0.2, 0) is 4.79 Å². The lowest BCUT2D eigenvalue weighted by Crippen LogP contribution is -2.53. The number of halogens is 3. The number of amides is 1. The summed E-state index contributed by atoms with van der Waals surface area (Å²) in [5.74, 6) is -0.00166. The Bertz CT molecular complexity index is 869. The molecule has 0 radical (unpaired) electrons. The third-order valence-corrected chi connectivity index (χ3v) is 6.44. The highest BCUT2D eigenvalue weighted by Crippen LogP contribution is 2.32. The van der Waals surface area contributed by atoms with Crippen LogP contribution in [0, 0.1) is 18.7 Å². The van der Waals surface area contributed by atoms with E-state index in [-0.39, 0.29) is 36.0 Å². The molecule has 7 heteroatoms. The van der Waals surface area contributed by atoms with E-state index in [1.165, 1.54) is 17.7 Å². The molecule has 0 aliphatic carbocycles. The molecular formula is C23H28Cl2FN3O. The minimum absolute atomic E-state index is 0. The van der Waals surface area contributed by atoms with Gasteiger partial charge in [0.1, 0.15) is 5.82 Å². The van der Waals surface area contributed by atoms with E-state index in [1.54, 1.807) is 0 Å². The second-order valence-corrected chi connectivity index (χ2v) is 8.44. The summed E-state index contributed by atoms with van der Waals surface area (Å²) < 4.78 is 13.3. The Morgan fingerprint density at radius 1 is 1.10 bits per heavy atom. The van der Waals surface area contributed by atoms with Crippen LogP contribution in [0.15, 0.2) is 42.5 Å². The van der Waals surface area contributed by atoms with Crippen molar-refractivity contribution in [3.63, 3.8) is 0 Å². The molecule has 2 fully saturated rings. The normalized spacial score (nSPS) is 21.8. The van der Waals surface area contributed by atoms with Crippen molar-refractivity contribution in [1.29, 1.82) is 0 Å². The lowest BCUT2D eigenvalue weighted by atomic mass is 9.80. The van der Waals surface area contributed by atoms with Crippen molar-refractivity contribution in [3.05, 3.63) is 64.4 Å². The number of aryl methyl sites for hydroxylation is 1. The molecule has 0 unspecified atom stereocenters. The number of carbonyl (C=O) groups excluding carboxylic acids is 1. The van der Waals surface area contributed by atoms with E-state index in [2.05, 4.69) is 17.1 Å². The van der Waals surface area contributed by atoms with Crippen LogP contribution in [0.4, 0.5) is 10.1 Å². The molecule has 4 nitrogen and oxygen atoms in total. The van der Waals surface area contributed by atoms with E-state index in [1.807, 2.05) is 35.2 Å². The molecule has 162 valence electrons. The molecule has 1 amide bonds. The predicted molar refractivity (Wildman–Crippen MR) is 122 cm³/mol. The number of benzene rings is 2. The molecule has 0 bridgehead atoms. The molecule has 30 heavy (non-hydrogen) atoms. The third-order valence-electron chi connectivity index (χ3n) is 6.20. The topological polar surface area (TPSA) is 35.6 Å². The van der Waals surface area contributed by atoms with E-state index in [0.717, 1.165) is 42.3 Å². The monoisotopic (exact) mass is 451 g/mol. The molecule has 2 aromatic rings. The number of carbonyl (C=O) groups is 1. The first-order valence-corrected chi connectivity index (χ1v) is 10.7. The van der Waals surface area contributed by atoms with Crippen LogP contribution in [0.1, 0.15) is 23.5 Å². The number of nitrogens with one attached hydrogen (secondary N) is 1. The van der Waals surface area contributed by atoms with Crippen LogP contribution < -0.4 is 10.2 Å². The quantitative estimate of drug-likeness (QED) is 0.757. The molecule has 0 saturated carbocycles. The highest BCUT2D eigenvalue weighted by atomic mass is 35.5. The summed E-state index contributed by atoms with van der Waals surface area (Å²) >= 11 is 6.18. The molecule has 0 spiro atoms. The van der Waals surface area contributed by atoms with Gasteiger partial charge in [-0.15, -0.1) is 12.4 Å². The minimum atomic E-state index is -0.238. The number of piperidine rings is 1. The maximum atomic E-state index is 13.3. The van der Waals surface area contributed by atoms with E-state index in [9.17, 15) is 9.18 Å². The van der Waals surface area contributed by atoms with Gasteiger partial charge in [0.15, 0.2) is 0 Å². The number of hydrogen-bond acceptors (Lipinski definition) is 3. The molecule has 0 aromatic heterocycles. The first kappa shape index (κ1) is 22.9. The maximum absolute atomic E-state index is 13.3. The Balaban J connectivity index is 0.00000256. The minimum Gasteiger partial charge on any atom is -0.368 e. The zero-order chi connectivity index (χ0) is 20.4. The van der Waals surface area contributed by atoms with Gasteiger partial charge >= 0.3 is 0 Å². The fourth-order valence-electron chi connectivity index (χ4n) is 4.55. The first-order chi connectivity index (χ1) is 14.0. The number of rotatable bonds is 3. The van der Waals surface area contributed by atoms with Crippen molar-refractivity contribution < 1.29 is 9.18 Å². The van der Waals surface area contributed by atoms with Gasteiger partial charge in [-0.05, 0) is 61.2 Å². The second-order valence-electron chi connectivity index (χ2n) is 8.00. The largest absolute Gasteiger partial charge is 0.368 e. The van der Waals surface area contributed by atoms with Crippen molar-refractivity contribution in [2.24, 2.45) is 5.92 Å². The van der Waals surface area contributed by atoms with Gasteiger partial charge in [0.05, 0.1) is 5.92 Å². The lowest BCUT2D eigenvalue weighted by molar-refractivity contribution is -0.137. The summed E-state index contributed by atoms with van der Waals surface area (Å²) in [5, 5.41) is 4.10. The van der Waals surface area contributed by atoms with Crippen molar-refractivity contribution in [3.8, 4) is 0 Å². The van der Waals surface area contributed by atoms with E-state index >= 15 is 0 Å². The SMILES string of the molecule is Cc1ccc(Cl)cc1N1CCN(C(=O)[C@@H]2CNCC[C@@H]2c2ccc(F)cc2)CC1.Cl. The molecule has 2 aliphatic heterocycles. The fourth-order valence-corrected chi connectivity index (χ4v) is 4.72. The van der Waals surface area contributed by atoms with Gasteiger partial charge in [0.25, 0.3) is 0 Å². The number of hydrogen-bond donors (Lipinski definition) is 1. The standard InChI is InChI=1S/C23H27ClFN3O.ClH/c1-16-2-5-18(24)14-22(16)27-10-12-28(13-11-27)23(29)21-15-26-9-8-20(21)17-3-6-19(25)7-4-17;/h2-7,14,20-21,26H,8-13,15H2,1H3;1H/t20-,21-;/m1./s1. The fraction of sp³-hybridized carbons (Fsp3) is 0.435. The van der Waals surface area contributed by atoms with Gasteiger partial charge < -0.3 is 15.1 Å². The molecule has 2 aromatic carbocycles. The molecule has 2 saturated heterocycles. The molecule has 2 heterocycles. The lowest BCUT2D eigenvalue weighted by Gasteiger charge is -2.40. The Hall–Kier alpha value is -1.82. The van der Waals surface area contributed by atoms with Crippen LogP contribution in [0.2, 0.25) is 5.02 Å². The first-order valence-electron chi connectivity index (χ1n) is 10.3. The number of anilines is 1. The summed E-state index contributed by atoms with van der Waals surface area (Å²) in [7, 11) is 0. The number of piperazine rings is 1. The zero-order valence-corrected chi connectivity index (χ0v) is 18.7. The molecule has 2 atom stereocenters. The smallest absolute Gasteiger partial charge is 0.227 e. The zero-order valence-electron chi connectivity index (χ0n) is 17.1. The van der Waals surface area contributed by atoms with Gasteiger partial charge in [0.2, 0.25) is 5.91 Å². The average molecular weight is 452 g/mol. The van der Waals surface area contributed by atoms with Crippen LogP contribution in [-0.4, -0.2) is 50.1 Å². The van der Waals surface area contributed by atoms with Crippen LogP contribution in [0.3, 0.4) is 0 Å². The van der Waals surface area contributed by atoms with Crippen LogP contribution in [0.25, 0.3) is 0 Å². The summed E-state index contributed by atoms with van der Waals surface area (Å²) in [6.45, 7) is 6.66. The highest BCUT2D eigenvalue weighted by molar-refractivity contribution is 6.30. The van der Waals surface area contributed by atoms with Gasteiger partial charge in [-0.1, -0.05) is 29.8 Å². The van der Waals surface area contributed by atoms with Gasteiger partial charge in [-0.2, -0.15) is 0 Å². The Labute approximate surface area is 188 Å². The summed E-state index contributed by atoms with van der Waals surface area (Å²) in [6.07, 6.45) is 0.893. The highest BCUT2D eigenvalue weighted by Gasteiger charge is 2.35. The predicted octanol–water partition coefficient (Wildman–Crippen LogP) is 4.25. The Morgan fingerprint density at radius 3 is 2.50 bits per heavy atom. The maximum Gasteiger partial charge on any atom is 0.227 e. The van der Waals surface area contributed by atoms with E-state index in [4.69, 9.17) is 11.6 Å². The Kier molecular flexibility index (Phi) is 7.61. The van der Waals surface area contributed by atoms with Crippen molar-refractivity contribution in [1.82, 2.24) is 10.2 Å². The third kappa shape index (κ3) is 4.90. The number of nitrogens with zero attached hydrogens (tertiary/aromatic N) is 2. The average Bonchev–Trinajstić information content (AvgIpc) is 2.76. The second kappa shape index (κ2) is 9.99. The van der Waals surface area contributed by atoms with Crippen molar-refractivity contribution in [2.45, 2.75) is 19.3 Å². The summed E-state index contributed by atoms with van der Waals surface area (Å²) in [5.41, 5.74) is 3.40. The van der Waals surface area contributed by atoms with Gasteiger partial charge in [-0.25, -0.2) is 4.39 Å². The molecular weight excluding hydrogens is 424 g/mol. The van der Waals surface area contributed by atoms with Crippen molar-refractivity contribution in [2.75, 3.05) is 44.2 Å². The van der Waals surface area contributed by atoms with E-state index < -0.39 is 0 Å². The molecule has 4 rings (SSSR count). The molecule has 2 aliphatic rings. The van der Waals surface area contributed by atoms with Gasteiger partial charge in [-0.3, -0.25) is 4.79 Å². The molecule has 1 N–H and O–H groups in total. The van der Waals surface area contributed by atoms with Crippen molar-refractivity contribution >= 4 is 35.6 Å². The summed E-state index contributed by atoms with van der Waals surface area (Å²) in [4.78, 5) is 17.6. The summed E-state index contributed by atoms with van der Waals surface area (Å²) in [6, 6.07) is 12.6.